The lowest BCUT2D eigenvalue weighted by Crippen LogP contribution is -2.61. The van der Waals surface area contributed by atoms with Gasteiger partial charge in [0.15, 0.2) is 5.96 Å². The Balaban J connectivity index is 1.55. The summed E-state index contributed by atoms with van der Waals surface area (Å²) in [5.74, 6) is -15.0. The van der Waals surface area contributed by atoms with Gasteiger partial charge < -0.3 is 101 Å². The van der Waals surface area contributed by atoms with E-state index >= 15 is 0 Å². The first kappa shape index (κ1) is 80.9. The molecule has 13 atom stereocenters. The van der Waals surface area contributed by atoms with Gasteiger partial charge in [-0.2, -0.15) is 25.3 Å². The number of carboxylic acid groups (broad SMARTS) is 2. The van der Waals surface area contributed by atoms with Crippen molar-refractivity contribution >= 4 is 125 Å². The average molecular weight is 1410 g/mol. The molecule has 1 fully saturated rings. The molecule has 0 radical (unpaired) electrons. The second kappa shape index (κ2) is 39.6. The Bertz CT molecular complexity index is 3330. The highest BCUT2D eigenvalue weighted by molar-refractivity contribution is 7.80. The van der Waals surface area contributed by atoms with Crippen LogP contribution in [-0.4, -0.2) is 216 Å². The number of hydrogen-bond donors (Lipinski definition) is 20. The topological polar surface area (TPSA) is 564 Å². The highest BCUT2D eigenvalue weighted by atomic mass is 32.1. The number of primary amides is 1. The molecule has 0 unspecified atom stereocenters. The van der Waals surface area contributed by atoms with E-state index < -0.39 is 174 Å². The quantitative estimate of drug-likeness (QED) is 0.0111. The van der Waals surface area contributed by atoms with Gasteiger partial charge in [-0.15, -0.1) is 0 Å². The number of H-pyrrole nitrogens is 2. The van der Waals surface area contributed by atoms with Crippen molar-refractivity contribution in [1.29, 1.82) is 0 Å². The Hall–Kier alpha value is -9.52. The fourth-order valence-corrected chi connectivity index (χ4v) is 10.8. The van der Waals surface area contributed by atoms with Gasteiger partial charge in [0, 0.05) is 72.8 Å². The maximum Gasteiger partial charge on any atom is 0.327 e. The number of aromatic nitrogens is 3. The van der Waals surface area contributed by atoms with Gasteiger partial charge >= 0.3 is 11.9 Å². The normalized spacial score (nSPS) is 16.4. The first-order valence-corrected chi connectivity index (χ1v) is 33.2. The highest BCUT2D eigenvalue weighted by Crippen LogP contribution is 2.22. The number of aromatic amines is 2. The molecule has 1 saturated heterocycles. The summed E-state index contributed by atoms with van der Waals surface area (Å²) in [5, 5.41) is 45.2. The van der Waals surface area contributed by atoms with Crippen molar-refractivity contribution in [2.24, 2.45) is 39.8 Å². The molecular weight excluding hydrogens is 1320 g/mol. The number of likely N-dealkylation sites (tertiary alicyclic amines) is 1. The molecule has 98 heavy (non-hydrogen) atoms. The summed E-state index contributed by atoms with van der Waals surface area (Å²) in [7, 11) is 0. The van der Waals surface area contributed by atoms with Crippen molar-refractivity contribution in [3.63, 3.8) is 0 Å². The lowest BCUT2D eigenvalue weighted by Gasteiger charge is -2.30. The lowest BCUT2D eigenvalue weighted by molar-refractivity contribution is -0.142. The van der Waals surface area contributed by atoms with Crippen LogP contribution in [0.2, 0.25) is 0 Å². The van der Waals surface area contributed by atoms with Gasteiger partial charge in [0.05, 0.1) is 18.8 Å². The second-order valence-corrected chi connectivity index (χ2v) is 25.0. The molecule has 3 aromatic rings. The molecular formula is C61H93N19O16S2. The van der Waals surface area contributed by atoms with Crippen LogP contribution in [0.3, 0.4) is 0 Å². The van der Waals surface area contributed by atoms with Crippen molar-refractivity contribution < 1.29 is 77.3 Å². The van der Waals surface area contributed by atoms with Gasteiger partial charge in [0.1, 0.15) is 66.5 Å². The lowest BCUT2D eigenvalue weighted by atomic mass is 9.97. The number of guanidine groups is 1. The van der Waals surface area contributed by atoms with Crippen molar-refractivity contribution in [3.8, 4) is 0 Å². The Morgan fingerprint density at radius 2 is 1.22 bits per heavy atom. The minimum atomic E-state index is -1.70. The van der Waals surface area contributed by atoms with Crippen LogP contribution in [0.5, 0.6) is 0 Å². The zero-order valence-corrected chi connectivity index (χ0v) is 57.2. The largest absolute Gasteiger partial charge is 0.481 e. The van der Waals surface area contributed by atoms with Crippen LogP contribution in [0.15, 0.2) is 48.0 Å². The number of carboxylic acids is 2. The van der Waals surface area contributed by atoms with Gasteiger partial charge in [-0.05, 0) is 75.8 Å². The van der Waals surface area contributed by atoms with Gasteiger partial charge in [-0.25, -0.2) is 9.78 Å². The van der Waals surface area contributed by atoms with E-state index in [4.69, 9.17) is 22.9 Å². The number of carbonyl (C=O) groups is 14. The summed E-state index contributed by atoms with van der Waals surface area (Å²) in [5.41, 5.74) is 23.8. The number of nitrogens with zero attached hydrogens (tertiary/aromatic N) is 3. The van der Waals surface area contributed by atoms with Crippen LogP contribution in [0.4, 0.5) is 0 Å². The molecule has 0 bridgehead atoms. The number of amides is 12. The van der Waals surface area contributed by atoms with E-state index in [0.717, 1.165) is 0 Å². The van der Waals surface area contributed by atoms with E-state index in [1.165, 1.54) is 31.3 Å². The number of nitrogens with two attached hydrogens (primary N) is 4. The van der Waals surface area contributed by atoms with Crippen LogP contribution in [0.25, 0.3) is 10.9 Å². The zero-order valence-electron chi connectivity index (χ0n) is 55.4. The van der Waals surface area contributed by atoms with E-state index in [1.807, 2.05) is 0 Å². The first-order valence-electron chi connectivity index (χ1n) is 31.9. The molecule has 12 amide bonds. The Morgan fingerprint density at radius 1 is 0.653 bits per heavy atom. The van der Waals surface area contributed by atoms with Crippen molar-refractivity contribution in [2.75, 3.05) is 24.6 Å². The molecule has 22 N–H and O–H groups in total. The highest BCUT2D eigenvalue weighted by Gasteiger charge is 2.41. The number of fused-ring (bicyclic) bond motifs is 1. The van der Waals surface area contributed by atoms with Gasteiger partial charge in [0.2, 0.25) is 70.9 Å². The Kier molecular flexibility index (Phi) is 32.7. The molecule has 3 heterocycles. The molecule has 540 valence electrons. The van der Waals surface area contributed by atoms with Crippen molar-refractivity contribution in [1.82, 2.24) is 73.0 Å². The molecule has 1 aliphatic rings. The summed E-state index contributed by atoms with van der Waals surface area (Å²) in [6.07, 6.45) is 2.85. The van der Waals surface area contributed by atoms with Gasteiger partial charge in [-0.1, -0.05) is 52.3 Å². The maximum absolute atomic E-state index is 14.6. The molecule has 2 aromatic heterocycles. The van der Waals surface area contributed by atoms with Gasteiger partial charge in [0.25, 0.3) is 0 Å². The number of thiol groups is 2. The molecule has 0 aliphatic carbocycles. The summed E-state index contributed by atoms with van der Waals surface area (Å²) in [4.78, 5) is 205. The van der Waals surface area contributed by atoms with Crippen molar-refractivity contribution in [3.05, 3.63) is 54.2 Å². The Morgan fingerprint density at radius 3 is 1.84 bits per heavy atom. The molecule has 1 aliphatic heterocycles. The van der Waals surface area contributed by atoms with E-state index in [0.29, 0.717) is 28.6 Å². The van der Waals surface area contributed by atoms with Crippen molar-refractivity contribution in [2.45, 2.75) is 185 Å². The Labute approximate surface area is 576 Å². The summed E-state index contributed by atoms with van der Waals surface area (Å²) < 4.78 is 0. The smallest absolute Gasteiger partial charge is 0.327 e. The van der Waals surface area contributed by atoms with Crippen LogP contribution in [-0.2, 0) is 80.0 Å². The summed E-state index contributed by atoms with van der Waals surface area (Å²) >= 11 is 7.97. The van der Waals surface area contributed by atoms with Gasteiger partial charge in [-0.3, -0.25) is 67.3 Å². The number of imidazole rings is 1. The maximum atomic E-state index is 14.6. The van der Waals surface area contributed by atoms with E-state index in [1.54, 1.807) is 58.2 Å². The molecule has 0 saturated carbocycles. The third-order valence-corrected chi connectivity index (χ3v) is 16.8. The first-order chi connectivity index (χ1) is 46.3. The van der Waals surface area contributed by atoms with E-state index in [9.17, 15) is 77.3 Å². The summed E-state index contributed by atoms with van der Waals surface area (Å²) in [6, 6.07) is -9.84. The zero-order chi connectivity index (χ0) is 73.1. The number of rotatable bonds is 41. The minimum Gasteiger partial charge on any atom is -0.481 e. The number of nitrogens with one attached hydrogen (secondary N) is 12. The number of para-hydroxylation sites is 1. The summed E-state index contributed by atoms with van der Waals surface area (Å²) in [6.45, 7) is 9.54. The predicted molar refractivity (Wildman–Crippen MR) is 363 cm³/mol. The molecule has 0 spiro atoms. The fraction of sp³-hybridized carbons (Fsp3) is 0.574. The van der Waals surface area contributed by atoms with E-state index in [2.05, 4.69) is 98.4 Å². The van der Waals surface area contributed by atoms with Crippen LogP contribution in [0.1, 0.15) is 111 Å². The van der Waals surface area contributed by atoms with E-state index in [-0.39, 0.29) is 87.8 Å². The monoisotopic (exact) mass is 1410 g/mol. The predicted octanol–water partition coefficient (Wildman–Crippen LogP) is -4.29. The number of hydrogen-bond acceptors (Lipinski definition) is 19. The fourth-order valence-electron chi connectivity index (χ4n) is 10.4. The van der Waals surface area contributed by atoms with Crippen LogP contribution < -0.4 is 76.1 Å². The third-order valence-electron chi connectivity index (χ3n) is 16.0. The number of aliphatic carboxylic acids is 2. The SMILES string of the molecule is CC[C@H](C)[C@H](NC(=O)[C@H](CCCN=C(N)N)NC(=O)[C@H](CC(=O)O)NC(=O)[C@@H](N)CS)C(=O)N[C@@H](C)C(=O)N[C@@H](Cc1c[nH]c2ccccc12)C(=O)N[C@@H](C)C(=O)N1CCC[C@H]1C(=O)N[C@@H](CCC(N)=O)C(=O)N[C@@H](Cc1cnc[nH]1)C(=O)N[C@@H](CC(C)C)C(=O)N[C@@H](CS)C(=O)O. The third kappa shape index (κ3) is 25.5. The molecule has 35 nitrogen and oxygen atoms in total. The molecule has 37 heteroatoms. The average Bonchev–Trinajstić information content (AvgIpc) is 1.62. The second-order valence-electron chi connectivity index (χ2n) is 24.3. The van der Waals surface area contributed by atoms with Crippen LogP contribution >= 0.6 is 25.3 Å². The molecule has 1 aromatic carbocycles. The van der Waals surface area contributed by atoms with Crippen LogP contribution in [0, 0.1) is 11.8 Å². The standard InChI is InChI=1S/C61H93N19O16S2/c1-7-30(4)48(79-52(87)38(14-10-18-67-61(64)65)72-56(91)43(23-47(82)83)75-50(85)36(62)26-97)58(93)70-31(5)49(84)74-41(21-33-24-68-37-13-9-8-12-35(33)37)53(88)71-32(6)59(94)80-19-11-15-45(80)57(92)73-39(16-17-46(63)81)51(86)77-42(22-34-25-66-28-69-34)55(90)76-40(20-29(2)3)54(89)78-44(27-98)60(95)96/h8-9,12-13,24-25,28-32,36,38-45,48,68,97-98H,7,10-11,14-23,26-27,62H2,1-6H3,(H2,63,81)(H,66,69)(H,70,93)(H,71,88)(H,72,91)(H,73,92)(H,74,84)(H,75,85)(H,76,90)(H,77,86)(H,78,89)(H,79,87)(H,82,83)(H,95,96)(H4,64,65,67)/t30-,31-,32-,36-,38-,39-,40-,41-,42-,43-,44-,45-,48-/m0/s1. The number of carbonyl (C=O) groups excluding carboxylic acids is 12. The minimum absolute atomic E-state index is 0.00698. The molecule has 4 rings (SSSR count). The number of aliphatic imine (C=N–C) groups is 1. The number of benzene rings is 1.